The molecule has 2 aliphatic rings. The summed E-state index contributed by atoms with van der Waals surface area (Å²) in [6.45, 7) is 1.34. The van der Waals surface area contributed by atoms with Crippen LogP contribution in [0.2, 0.25) is 6.32 Å². The third-order valence-electron chi connectivity index (χ3n) is 2.55. The minimum atomic E-state index is 1.25. The van der Waals surface area contributed by atoms with E-state index in [4.69, 9.17) is 0 Å². The van der Waals surface area contributed by atoms with Gasteiger partial charge in [-0.05, 0) is 25.9 Å². The van der Waals surface area contributed by atoms with Crippen molar-refractivity contribution in [3.05, 3.63) is 0 Å². The molecule has 2 saturated heterocycles. The van der Waals surface area contributed by atoms with E-state index in [-0.39, 0.29) is 0 Å². The van der Waals surface area contributed by atoms with Crippen molar-refractivity contribution in [2.24, 2.45) is 0 Å². The number of hydrogen-bond donors (Lipinski definition) is 0. The van der Waals surface area contributed by atoms with E-state index >= 15 is 0 Å². The average Bonchev–Trinajstić information content (AvgIpc) is 2.12. The van der Waals surface area contributed by atoms with Gasteiger partial charge in [-0.15, -0.1) is 0 Å². The maximum absolute atomic E-state index is 2.58. The normalized spacial score (nSPS) is 38.4. The number of fused-ring (bicyclic) bond motifs is 2. The Kier molecular flexibility index (Phi) is 2.05. The molecule has 2 unspecified atom stereocenters. The standard InChI is InChI=1S/C5H13B3N2/c1-2-9-4-7-5-10(8-9)3-6-1/h6-8H,1-5H2. The summed E-state index contributed by atoms with van der Waals surface area (Å²) in [7, 11) is 4.05. The highest BCUT2D eigenvalue weighted by atomic mass is 15.2. The Morgan fingerprint density at radius 3 is 2.70 bits per heavy atom. The molecule has 2 bridgehead atoms. The second-order valence-corrected chi connectivity index (χ2v) is 3.44. The van der Waals surface area contributed by atoms with Gasteiger partial charge in [0.25, 0.3) is 7.55 Å². The largest absolute Gasteiger partial charge is 0.345 e. The van der Waals surface area contributed by atoms with Crippen molar-refractivity contribution in [2.45, 2.75) is 6.32 Å². The smallest absolute Gasteiger partial charge is 0.290 e. The Balaban J connectivity index is 1.96. The second-order valence-electron chi connectivity index (χ2n) is 3.44. The summed E-state index contributed by atoms with van der Waals surface area (Å²) in [4.78, 5) is 5.16. The van der Waals surface area contributed by atoms with Crippen molar-refractivity contribution < 1.29 is 0 Å². The topological polar surface area (TPSA) is 6.48 Å². The minimum absolute atomic E-state index is 1.25. The lowest BCUT2D eigenvalue weighted by molar-refractivity contribution is 0.450. The van der Waals surface area contributed by atoms with E-state index in [0.29, 0.717) is 0 Å². The van der Waals surface area contributed by atoms with Crippen molar-refractivity contribution in [2.75, 3.05) is 25.9 Å². The van der Waals surface area contributed by atoms with Gasteiger partial charge in [0.15, 0.2) is 7.28 Å². The zero-order valence-electron chi connectivity index (χ0n) is 6.55. The van der Waals surface area contributed by atoms with Gasteiger partial charge in [-0.1, -0.05) is 6.32 Å². The van der Waals surface area contributed by atoms with Crippen molar-refractivity contribution >= 4 is 22.1 Å². The molecule has 0 aliphatic carbocycles. The van der Waals surface area contributed by atoms with Gasteiger partial charge in [0, 0.05) is 0 Å². The molecule has 2 rings (SSSR count). The van der Waals surface area contributed by atoms with Gasteiger partial charge in [0.2, 0.25) is 0 Å². The lowest BCUT2D eigenvalue weighted by Gasteiger charge is -2.30. The zero-order chi connectivity index (χ0) is 6.81. The summed E-state index contributed by atoms with van der Waals surface area (Å²) in [5, 5.41) is 0. The Morgan fingerprint density at radius 1 is 0.900 bits per heavy atom. The predicted octanol–water partition coefficient (Wildman–Crippen LogP) is -1.95. The van der Waals surface area contributed by atoms with Gasteiger partial charge >= 0.3 is 0 Å². The highest BCUT2D eigenvalue weighted by Crippen LogP contribution is 2.02. The molecule has 52 valence electrons. The molecule has 2 heterocycles. The Labute approximate surface area is 64.7 Å². The van der Waals surface area contributed by atoms with E-state index in [1.54, 1.807) is 0 Å². The van der Waals surface area contributed by atoms with Gasteiger partial charge in [0.1, 0.15) is 7.28 Å². The number of hydrogen-bond acceptors (Lipinski definition) is 2. The fraction of sp³-hybridized carbons (Fsp3) is 1.00. The van der Waals surface area contributed by atoms with Gasteiger partial charge in [0.05, 0.1) is 0 Å². The molecule has 0 N–H and O–H groups in total. The zero-order valence-corrected chi connectivity index (χ0v) is 6.55. The number of rotatable bonds is 0. The molecule has 5 heteroatoms. The molecule has 2 nitrogen and oxygen atoms in total. The summed E-state index contributed by atoms with van der Waals surface area (Å²) in [5.41, 5.74) is 0. The molecule has 0 spiro atoms. The summed E-state index contributed by atoms with van der Waals surface area (Å²) in [6, 6.07) is 0. The van der Waals surface area contributed by atoms with Crippen LogP contribution in [-0.2, 0) is 0 Å². The summed E-state index contributed by atoms with van der Waals surface area (Å²) in [6.07, 6.45) is 5.44. The van der Waals surface area contributed by atoms with E-state index in [1.807, 2.05) is 0 Å². The van der Waals surface area contributed by atoms with Crippen LogP contribution in [-0.4, -0.2) is 57.6 Å². The van der Waals surface area contributed by atoms with E-state index in [2.05, 4.69) is 9.62 Å². The van der Waals surface area contributed by atoms with Crippen LogP contribution < -0.4 is 0 Å². The highest BCUT2D eigenvalue weighted by molar-refractivity contribution is 6.47. The fourth-order valence-electron chi connectivity index (χ4n) is 1.98. The Morgan fingerprint density at radius 2 is 1.70 bits per heavy atom. The van der Waals surface area contributed by atoms with E-state index in [0.717, 1.165) is 0 Å². The lowest BCUT2D eigenvalue weighted by atomic mass is 9.69. The van der Waals surface area contributed by atoms with Crippen molar-refractivity contribution in [3.63, 3.8) is 0 Å². The van der Waals surface area contributed by atoms with Crippen LogP contribution in [0.1, 0.15) is 0 Å². The summed E-state index contributed by atoms with van der Waals surface area (Å²) in [5.74, 6) is 0. The monoisotopic (exact) mass is 134 g/mol. The van der Waals surface area contributed by atoms with Crippen LogP contribution in [0.4, 0.5) is 0 Å². The molecule has 0 radical (unpaired) electrons. The lowest BCUT2D eigenvalue weighted by Crippen LogP contribution is -2.50. The second kappa shape index (κ2) is 3.01. The third-order valence-corrected chi connectivity index (χ3v) is 2.55. The van der Waals surface area contributed by atoms with Crippen molar-refractivity contribution in [3.8, 4) is 0 Å². The number of nitrogens with zero attached hydrogens (tertiary/aromatic N) is 2. The molecule has 2 fully saturated rings. The van der Waals surface area contributed by atoms with Gasteiger partial charge in [-0.3, -0.25) is 0 Å². The predicted molar refractivity (Wildman–Crippen MR) is 49.4 cm³/mol. The first-order chi connectivity index (χ1) is 4.95. The van der Waals surface area contributed by atoms with Crippen LogP contribution >= 0.6 is 0 Å². The molecule has 0 amide bonds. The molecule has 10 heavy (non-hydrogen) atoms. The summed E-state index contributed by atoms with van der Waals surface area (Å²) >= 11 is 0. The van der Waals surface area contributed by atoms with Crippen LogP contribution in [0.15, 0.2) is 0 Å². The molecule has 0 aromatic rings. The van der Waals surface area contributed by atoms with Gasteiger partial charge < -0.3 is 9.62 Å². The van der Waals surface area contributed by atoms with Crippen molar-refractivity contribution in [1.29, 1.82) is 0 Å². The summed E-state index contributed by atoms with van der Waals surface area (Å²) < 4.78 is 0. The third kappa shape index (κ3) is 1.40. The molecule has 0 aromatic carbocycles. The van der Waals surface area contributed by atoms with Gasteiger partial charge in [-0.25, -0.2) is 0 Å². The van der Waals surface area contributed by atoms with Crippen molar-refractivity contribution in [1.82, 2.24) is 9.62 Å². The first kappa shape index (κ1) is 6.80. The van der Waals surface area contributed by atoms with E-state index < -0.39 is 0 Å². The SMILES string of the molecule is B1CCN2BN(C1)CBC2. The molecule has 2 aliphatic heterocycles. The Bertz CT molecular complexity index is 109. The van der Waals surface area contributed by atoms with Gasteiger partial charge in [-0.2, -0.15) is 0 Å². The fourth-order valence-corrected chi connectivity index (χ4v) is 1.98. The molecule has 2 atom stereocenters. The molecule has 0 saturated carbocycles. The molecule has 0 aromatic heterocycles. The average molecular weight is 134 g/mol. The van der Waals surface area contributed by atoms with E-state index in [1.165, 1.54) is 54.3 Å². The van der Waals surface area contributed by atoms with Crippen LogP contribution in [0.3, 0.4) is 0 Å². The first-order valence-electron chi connectivity index (χ1n) is 4.40. The Hall–Kier alpha value is 0.115. The minimum Gasteiger partial charge on any atom is -0.345 e. The van der Waals surface area contributed by atoms with Crippen LogP contribution in [0.5, 0.6) is 0 Å². The quantitative estimate of drug-likeness (QED) is 0.355. The highest BCUT2D eigenvalue weighted by Gasteiger charge is 2.22. The molecular formula is C5H13B3N2. The van der Waals surface area contributed by atoms with Crippen LogP contribution in [0.25, 0.3) is 0 Å². The maximum Gasteiger partial charge on any atom is 0.290 e. The van der Waals surface area contributed by atoms with Crippen LogP contribution in [0, 0.1) is 0 Å². The maximum atomic E-state index is 2.58. The molecular weight excluding hydrogens is 121 g/mol. The van der Waals surface area contributed by atoms with E-state index in [9.17, 15) is 0 Å². The first-order valence-corrected chi connectivity index (χ1v) is 4.40.